The van der Waals surface area contributed by atoms with E-state index in [0.29, 0.717) is 18.8 Å². The van der Waals surface area contributed by atoms with Gasteiger partial charge in [-0.2, -0.15) is 0 Å². The van der Waals surface area contributed by atoms with Gasteiger partial charge < -0.3 is 21.3 Å². The average molecular weight is 308 g/mol. The van der Waals surface area contributed by atoms with E-state index in [-0.39, 0.29) is 24.7 Å². The van der Waals surface area contributed by atoms with Crippen molar-refractivity contribution in [3.8, 4) is 5.75 Å². The van der Waals surface area contributed by atoms with E-state index in [1.807, 2.05) is 0 Å². The molecule has 0 aliphatic carbocycles. The van der Waals surface area contributed by atoms with Crippen molar-refractivity contribution in [1.82, 2.24) is 5.32 Å². The fourth-order valence-corrected chi connectivity index (χ4v) is 1.70. The third-order valence-corrected chi connectivity index (χ3v) is 2.79. The van der Waals surface area contributed by atoms with E-state index < -0.39 is 12.0 Å². The fraction of sp³-hybridized carbons (Fsp3) is 0.357. The van der Waals surface area contributed by atoms with Crippen LogP contribution < -0.4 is 21.5 Å². The molecule has 0 heterocycles. The number of ether oxygens (including phenoxy) is 1. The number of hydrogen-bond donors (Lipinski definition) is 5. The summed E-state index contributed by atoms with van der Waals surface area (Å²) in [6.45, 7) is 0.347. The van der Waals surface area contributed by atoms with Crippen LogP contribution in [0.2, 0.25) is 0 Å². The molecule has 0 fully saturated rings. The van der Waals surface area contributed by atoms with Gasteiger partial charge in [-0.1, -0.05) is 12.1 Å². The predicted molar refractivity (Wildman–Crippen MR) is 80.5 cm³/mol. The van der Waals surface area contributed by atoms with Gasteiger partial charge in [-0.3, -0.25) is 20.3 Å². The van der Waals surface area contributed by atoms with Crippen molar-refractivity contribution in [3.63, 3.8) is 0 Å². The van der Waals surface area contributed by atoms with E-state index in [4.69, 9.17) is 26.7 Å². The topological polar surface area (TPSA) is 152 Å². The van der Waals surface area contributed by atoms with Crippen LogP contribution in [0.25, 0.3) is 0 Å². The van der Waals surface area contributed by atoms with Crippen LogP contribution in [0.15, 0.2) is 24.3 Å². The van der Waals surface area contributed by atoms with Crippen molar-refractivity contribution in [2.24, 2.45) is 11.5 Å². The molecule has 1 amide bonds. The molecule has 0 aliphatic rings. The lowest BCUT2D eigenvalue weighted by Gasteiger charge is -2.09. The van der Waals surface area contributed by atoms with E-state index >= 15 is 0 Å². The molecule has 1 rings (SSSR count). The zero-order valence-electron chi connectivity index (χ0n) is 12.0. The number of nitrogens with one attached hydrogen (secondary N) is 2. The quantitative estimate of drug-likeness (QED) is 0.255. The molecule has 1 aromatic carbocycles. The van der Waals surface area contributed by atoms with E-state index in [0.717, 1.165) is 5.56 Å². The first-order valence-corrected chi connectivity index (χ1v) is 6.72. The molecule has 0 unspecified atom stereocenters. The van der Waals surface area contributed by atoms with Crippen LogP contribution in [0.1, 0.15) is 18.4 Å². The molecule has 1 aromatic rings. The highest BCUT2D eigenvalue weighted by Gasteiger charge is 2.11. The van der Waals surface area contributed by atoms with Crippen LogP contribution in [0.5, 0.6) is 5.75 Å². The van der Waals surface area contributed by atoms with Gasteiger partial charge in [0.2, 0.25) is 5.91 Å². The van der Waals surface area contributed by atoms with Gasteiger partial charge in [-0.05, 0) is 30.5 Å². The molecule has 0 saturated heterocycles. The smallest absolute Gasteiger partial charge is 0.320 e. The second-order valence-electron chi connectivity index (χ2n) is 4.71. The number of carboxylic acid groups (broad SMARTS) is 1. The van der Waals surface area contributed by atoms with Crippen LogP contribution in [0.3, 0.4) is 0 Å². The standard InChI is InChI=1S/C14H20N4O4/c15-11(13(20)21)8-9-3-5-10(6-4-9)22-7-1-2-12(19)18-14(16)17/h3-6,11H,1-2,7-8,15H2,(H,20,21)(H4,16,17,18,19)/t11-/m0/s1. The highest BCUT2D eigenvalue weighted by Crippen LogP contribution is 2.13. The van der Waals surface area contributed by atoms with E-state index in [9.17, 15) is 9.59 Å². The monoisotopic (exact) mass is 308 g/mol. The number of amides is 1. The maximum atomic E-state index is 11.2. The Hall–Kier alpha value is -2.61. The molecular formula is C14H20N4O4. The lowest BCUT2D eigenvalue weighted by atomic mass is 10.1. The zero-order valence-corrected chi connectivity index (χ0v) is 12.0. The molecule has 0 bridgehead atoms. The summed E-state index contributed by atoms with van der Waals surface area (Å²) < 4.78 is 5.46. The van der Waals surface area contributed by atoms with Crippen LogP contribution in [0.4, 0.5) is 0 Å². The van der Waals surface area contributed by atoms with Gasteiger partial charge in [-0.15, -0.1) is 0 Å². The highest BCUT2D eigenvalue weighted by atomic mass is 16.5. The Morgan fingerprint density at radius 2 is 1.95 bits per heavy atom. The molecule has 120 valence electrons. The normalized spacial score (nSPS) is 11.5. The number of aliphatic carboxylic acids is 1. The lowest BCUT2D eigenvalue weighted by molar-refractivity contribution is -0.138. The molecule has 0 spiro atoms. The number of nitrogens with two attached hydrogens (primary N) is 2. The van der Waals surface area contributed by atoms with E-state index in [1.54, 1.807) is 24.3 Å². The number of carbonyl (C=O) groups is 2. The van der Waals surface area contributed by atoms with Crippen molar-refractivity contribution in [1.29, 1.82) is 5.41 Å². The van der Waals surface area contributed by atoms with Crippen LogP contribution in [0, 0.1) is 5.41 Å². The first kappa shape index (κ1) is 17.4. The van der Waals surface area contributed by atoms with Gasteiger partial charge in [0.15, 0.2) is 5.96 Å². The van der Waals surface area contributed by atoms with Gasteiger partial charge in [0, 0.05) is 6.42 Å². The zero-order chi connectivity index (χ0) is 16.5. The number of hydrogen-bond acceptors (Lipinski definition) is 5. The summed E-state index contributed by atoms with van der Waals surface area (Å²) in [7, 11) is 0. The summed E-state index contributed by atoms with van der Waals surface area (Å²) in [5.41, 5.74) is 11.3. The molecular weight excluding hydrogens is 288 g/mol. The van der Waals surface area contributed by atoms with Gasteiger partial charge in [0.25, 0.3) is 0 Å². The molecule has 0 aromatic heterocycles. The van der Waals surface area contributed by atoms with Crippen LogP contribution in [-0.4, -0.2) is 35.6 Å². The highest BCUT2D eigenvalue weighted by molar-refractivity contribution is 5.94. The Balaban J connectivity index is 2.31. The van der Waals surface area contributed by atoms with E-state index in [1.165, 1.54) is 0 Å². The number of guanidine groups is 1. The summed E-state index contributed by atoms with van der Waals surface area (Å²) in [4.78, 5) is 21.9. The maximum Gasteiger partial charge on any atom is 0.320 e. The lowest BCUT2D eigenvalue weighted by Crippen LogP contribution is -2.35. The van der Waals surface area contributed by atoms with Gasteiger partial charge in [0.05, 0.1) is 6.61 Å². The van der Waals surface area contributed by atoms with Gasteiger partial charge >= 0.3 is 5.97 Å². The Bertz CT molecular complexity index is 530. The third kappa shape index (κ3) is 6.71. The third-order valence-electron chi connectivity index (χ3n) is 2.79. The number of carbonyl (C=O) groups excluding carboxylic acids is 1. The summed E-state index contributed by atoms with van der Waals surface area (Å²) >= 11 is 0. The van der Waals surface area contributed by atoms with Crippen molar-refractivity contribution >= 4 is 17.8 Å². The summed E-state index contributed by atoms with van der Waals surface area (Å²) in [5.74, 6) is -1.11. The molecule has 8 nitrogen and oxygen atoms in total. The number of benzene rings is 1. The second-order valence-corrected chi connectivity index (χ2v) is 4.71. The predicted octanol–water partition coefficient (Wildman–Crippen LogP) is -0.190. The Morgan fingerprint density at radius 3 is 2.50 bits per heavy atom. The first-order valence-electron chi connectivity index (χ1n) is 6.72. The summed E-state index contributed by atoms with van der Waals surface area (Å²) in [5, 5.41) is 17.8. The molecule has 22 heavy (non-hydrogen) atoms. The van der Waals surface area contributed by atoms with Crippen LogP contribution in [-0.2, 0) is 16.0 Å². The number of rotatable bonds is 8. The molecule has 8 heteroatoms. The minimum atomic E-state index is -1.04. The first-order chi connectivity index (χ1) is 10.4. The minimum Gasteiger partial charge on any atom is -0.494 e. The van der Waals surface area contributed by atoms with Crippen molar-refractivity contribution in [2.45, 2.75) is 25.3 Å². The second kappa shape index (κ2) is 8.63. The Morgan fingerprint density at radius 1 is 1.32 bits per heavy atom. The number of carboxylic acids is 1. The minimum absolute atomic E-state index is 0.213. The average Bonchev–Trinajstić information content (AvgIpc) is 2.44. The molecule has 0 aliphatic heterocycles. The van der Waals surface area contributed by atoms with Gasteiger partial charge in [0.1, 0.15) is 11.8 Å². The van der Waals surface area contributed by atoms with Crippen molar-refractivity contribution in [2.75, 3.05) is 6.61 Å². The molecule has 0 radical (unpaired) electrons. The summed E-state index contributed by atoms with van der Waals surface area (Å²) in [6, 6.07) is 6.02. The molecule has 1 atom stereocenters. The van der Waals surface area contributed by atoms with Gasteiger partial charge in [-0.25, -0.2) is 0 Å². The molecule has 0 saturated carbocycles. The maximum absolute atomic E-state index is 11.2. The SMILES string of the molecule is N=C(N)NC(=O)CCCOc1ccc(C[C@H](N)C(=O)O)cc1. The van der Waals surface area contributed by atoms with Crippen molar-refractivity contribution in [3.05, 3.63) is 29.8 Å². The van der Waals surface area contributed by atoms with E-state index in [2.05, 4.69) is 5.32 Å². The Kier molecular flexibility index (Phi) is 6.84. The molecule has 7 N–H and O–H groups in total. The van der Waals surface area contributed by atoms with Crippen LogP contribution >= 0.6 is 0 Å². The Labute approximate surface area is 127 Å². The largest absolute Gasteiger partial charge is 0.494 e. The summed E-state index contributed by atoms with van der Waals surface area (Å²) in [6.07, 6.45) is 0.955. The fourth-order valence-electron chi connectivity index (χ4n) is 1.70. The van der Waals surface area contributed by atoms with Crippen molar-refractivity contribution < 1.29 is 19.4 Å².